The van der Waals surface area contributed by atoms with Gasteiger partial charge in [0.05, 0.1) is 0 Å². The van der Waals surface area contributed by atoms with E-state index in [9.17, 15) is 0 Å². The molecule has 2 heteroatoms. The van der Waals surface area contributed by atoms with Crippen molar-refractivity contribution in [2.75, 3.05) is 24.3 Å². The molecular formula is C18H24N2. The molecule has 2 aromatic carbocycles. The summed E-state index contributed by atoms with van der Waals surface area (Å²) in [5.74, 6) is 0.587. The molecule has 0 aliphatic rings. The number of anilines is 2. The van der Waals surface area contributed by atoms with E-state index in [0.717, 1.165) is 12.2 Å². The topological polar surface area (TPSA) is 15.3 Å². The summed E-state index contributed by atoms with van der Waals surface area (Å²) in [5.41, 5.74) is 5.12. The first-order chi connectivity index (χ1) is 9.60. The van der Waals surface area contributed by atoms with Crippen LogP contribution >= 0.6 is 0 Å². The number of nitrogens with one attached hydrogen (secondary N) is 1. The third-order valence-electron chi connectivity index (χ3n) is 3.66. The van der Waals surface area contributed by atoms with Gasteiger partial charge in [-0.1, -0.05) is 38.1 Å². The Morgan fingerprint density at radius 1 is 0.950 bits per heavy atom. The SMILES string of the molecule is CNc1ccc(CN(C)c2ccc(C(C)C)cc2)cc1. The summed E-state index contributed by atoms with van der Waals surface area (Å²) in [6.45, 7) is 5.37. The average molecular weight is 268 g/mol. The molecule has 20 heavy (non-hydrogen) atoms. The van der Waals surface area contributed by atoms with Crippen molar-refractivity contribution in [2.24, 2.45) is 0 Å². The summed E-state index contributed by atoms with van der Waals surface area (Å²) in [6.07, 6.45) is 0. The maximum Gasteiger partial charge on any atom is 0.0426 e. The van der Waals surface area contributed by atoms with Crippen molar-refractivity contribution < 1.29 is 0 Å². The first-order valence-electron chi connectivity index (χ1n) is 7.18. The van der Waals surface area contributed by atoms with Gasteiger partial charge in [0.1, 0.15) is 0 Å². The summed E-state index contributed by atoms with van der Waals surface area (Å²) >= 11 is 0. The van der Waals surface area contributed by atoms with Gasteiger partial charge in [0.2, 0.25) is 0 Å². The van der Waals surface area contributed by atoms with Crippen LogP contribution in [0, 0.1) is 0 Å². The van der Waals surface area contributed by atoms with Crippen LogP contribution in [0.5, 0.6) is 0 Å². The summed E-state index contributed by atoms with van der Waals surface area (Å²) in [7, 11) is 4.08. The molecule has 0 saturated heterocycles. The van der Waals surface area contributed by atoms with Crippen molar-refractivity contribution in [3.8, 4) is 0 Å². The van der Waals surface area contributed by atoms with Gasteiger partial charge in [-0.3, -0.25) is 0 Å². The monoisotopic (exact) mass is 268 g/mol. The van der Waals surface area contributed by atoms with E-state index in [1.807, 2.05) is 7.05 Å². The fourth-order valence-corrected chi connectivity index (χ4v) is 2.26. The minimum atomic E-state index is 0.587. The summed E-state index contributed by atoms with van der Waals surface area (Å²) in [4.78, 5) is 2.28. The maximum atomic E-state index is 3.14. The van der Waals surface area contributed by atoms with Crippen LogP contribution in [0.3, 0.4) is 0 Å². The number of hydrogen-bond donors (Lipinski definition) is 1. The molecule has 0 fully saturated rings. The van der Waals surface area contributed by atoms with Gasteiger partial charge < -0.3 is 10.2 Å². The van der Waals surface area contributed by atoms with Gasteiger partial charge in [-0.05, 0) is 41.3 Å². The van der Waals surface area contributed by atoms with E-state index in [0.29, 0.717) is 5.92 Å². The molecule has 0 aromatic heterocycles. The Morgan fingerprint density at radius 3 is 2.05 bits per heavy atom. The Hall–Kier alpha value is -1.96. The quantitative estimate of drug-likeness (QED) is 0.859. The lowest BCUT2D eigenvalue weighted by Gasteiger charge is -2.20. The molecule has 0 amide bonds. The summed E-state index contributed by atoms with van der Waals surface area (Å²) in [6, 6.07) is 17.4. The smallest absolute Gasteiger partial charge is 0.0426 e. The van der Waals surface area contributed by atoms with Crippen molar-refractivity contribution in [2.45, 2.75) is 26.3 Å². The average Bonchev–Trinajstić information content (AvgIpc) is 2.48. The van der Waals surface area contributed by atoms with E-state index < -0.39 is 0 Å². The molecule has 0 heterocycles. The van der Waals surface area contributed by atoms with E-state index in [1.165, 1.54) is 16.8 Å². The van der Waals surface area contributed by atoms with Crippen molar-refractivity contribution in [3.05, 3.63) is 59.7 Å². The van der Waals surface area contributed by atoms with Crippen LogP contribution in [-0.2, 0) is 6.54 Å². The Kier molecular flexibility index (Phi) is 4.67. The minimum absolute atomic E-state index is 0.587. The third kappa shape index (κ3) is 3.53. The van der Waals surface area contributed by atoms with Crippen molar-refractivity contribution in [3.63, 3.8) is 0 Å². The third-order valence-corrected chi connectivity index (χ3v) is 3.66. The van der Waals surface area contributed by atoms with Gasteiger partial charge in [0.15, 0.2) is 0 Å². The second kappa shape index (κ2) is 6.47. The Morgan fingerprint density at radius 2 is 1.55 bits per heavy atom. The predicted molar refractivity (Wildman–Crippen MR) is 88.6 cm³/mol. The van der Waals surface area contributed by atoms with Gasteiger partial charge in [0.25, 0.3) is 0 Å². The highest BCUT2D eigenvalue weighted by molar-refractivity contribution is 5.49. The molecule has 0 unspecified atom stereocenters. The minimum Gasteiger partial charge on any atom is -0.388 e. The molecule has 2 nitrogen and oxygen atoms in total. The Labute approximate surface area is 122 Å². The molecular weight excluding hydrogens is 244 g/mol. The molecule has 0 aliphatic carbocycles. The lowest BCUT2D eigenvalue weighted by Crippen LogP contribution is -2.16. The van der Waals surface area contributed by atoms with Crippen LogP contribution in [0.15, 0.2) is 48.5 Å². The lowest BCUT2D eigenvalue weighted by molar-refractivity contribution is 0.863. The van der Waals surface area contributed by atoms with Crippen molar-refractivity contribution >= 4 is 11.4 Å². The van der Waals surface area contributed by atoms with Crippen LogP contribution in [0.4, 0.5) is 11.4 Å². The van der Waals surface area contributed by atoms with Gasteiger partial charge in [-0.25, -0.2) is 0 Å². The maximum absolute atomic E-state index is 3.14. The van der Waals surface area contributed by atoms with Crippen LogP contribution in [0.1, 0.15) is 30.9 Å². The highest BCUT2D eigenvalue weighted by Crippen LogP contribution is 2.21. The van der Waals surface area contributed by atoms with E-state index in [-0.39, 0.29) is 0 Å². The highest BCUT2D eigenvalue weighted by Gasteiger charge is 2.04. The van der Waals surface area contributed by atoms with E-state index in [4.69, 9.17) is 0 Å². The van der Waals surface area contributed by atoms with Gasteiger partial charge in [-0.15, -0.1) is 0 Å². The normalized spacial score (nSPS) is 10.7. The zero-order valence-corrected chi connectivity index (χ0v) is 12.9. The molecule has 0 aliphatic heterocycles. The molecule has 0 atom stereocenters. The fourth-order valence-electron chi connectivity index (χ4n) is 2.26. The van der Waals surface area contributed by atoms with E-state index in [1.54, 1.807) is 0 Å². The highest BCUT2D eigenvalue weighted by atomic mass is 15.1. The Balaban J connectivity index is 2.04. The van der Waals surface area contributed by atoms with E-state index >= 15 is 0 Å². The van der Waals surface area contributed by atoms with Gasteiger partial charge >= 0.3 is 0 Å². The summed E-state index contributed by atoms with van der Waals surface area (Å²) in [5, 5.41) is 3.14. The largest absolute Gasteiger partial charge is 0.388 e. The molecule has 1 N–H and O–H groups in total. The second-order valence-corrected chi connectivity index (χ2v) is 5.55. The molecule has 0 bridgehead atoms. The van der Waals surface area contributed by atoms with Gasteiger partial charge in [-0.2, -0.15) is 0 Å². The molecule has 0 radical (unpaired) electrons. The van der Waals surface area contributed by atoms with Crippen molar-refractivity contribution in [1.29, 1.82) is 0 Å². The molecule has 106 valence electrons. The lowest BCUT2D eigenvalue weighted by atomic mass is 10.0. The Bertz CT molecular complexity index is 526. The molecule has 2 aromatic rings. The molecule has 0 saturated carbocycles. The fraction of sp³-hybridized carbons (Fsp3) is 0.333. The van der Waals surface area contributed by atoms with Crippen LogP contribution in [-0.4, -0.2) is 14.1 Å². The van der Waals surface area contributed by atoms with Crippen LogP contribution in [0.2, 0.25) is 0 Å². The van der Waals surface area contributed by atoms with Crippen molar-refractivity contribution in [1.82, 2.24) is 0 Å². The number of hydrogen-bond acceptors (Lipinski definition) is 2. The van der Waals surface area contributed by atoms with Gasteiger partial charge in [0, 0.05) is 32.0 Å². The molecule has 0 spiro atoms. The number of benzene rings is 2. The number of rotatable bonds is 5. The predicted octanol–water partition coefficient (Wildman–Crippen LogP) is 4.49. The number of nitrogens with zero attached hydrogens (tertiary/aromatic N) is 1. The van der Waals surface area contributed by atoms with Crippen LogP contribution < -0.4 is 10.2 Å². The zero-order chi connectivity index (χ0) is 14.5. The first kappa shape index (κ1) is 14.4. The zero-order valence-electron chi connectivity index (χ0n) is 12.9. The summed E-state index contributed by atoms with van der Waals surface area (Å²) < 4.78 is 0. The standard InChI is InChI=1S/C18H24N2/c1-14(2)16-7-11-18(12-8-16)20(4)13-15-5-9-17(19-3)10-6-15/h5-12,14,19H,13H2,1-4H3. The van der Waals surface area contributed by atoms with E-state index in [2.05, 4.69) is 79.6 Å². The first-order valence-corrected chi connectivity index (χ1v) is 7.18. The van der Waals surface area contributed by atoms with Crippen LogP contribution in [0.25, 0.3) is 0 Å². The second-order valence-electron chi connectivity index (χ2n) is 5.55. The molecule has 2 rings (SSSR count).